The third kappa shape index (κ3) is 8.39. The maximum absolute atomic E-state index is 12.0. The number of aliphatic hydroxyl groups is 2. The van der Waals surface area contributed by atoms with Crippen LogP contribution >= 0.6 is 11.6 Å². The molecule has 1 atom stereocenters. The molecule has 12 nitrogen and oxygen atoms in total. The number of carbonyl (C=O) groups is 2. The number of hydrogen-bond donors (Lipinski definition) is 4. The molecule has 2 heterocycles. The second-order valence-corrected chi connectivity index (χ2v) is 12.9. The molecule has 2 aliphatic heterocycles. The maximum atomic E-state index is 12.0. The molecule has 5 rings (SSSR count). The number of aliphatic carboxylic acids is 1. The van der Waals surface area contributed by atoms with E-state index in [-0.39, 0.29) is 32.6 Å². The molecule has 4 N–H and O–H groups in total. The molecule has 3 aromatic rings. The second kappa shape index (κ2) is 15.6. The molecule has 1 fully saturated rings. The molecule has 1 saturated heterocycles. The number of likely N-dealkylation sites (tertiary alicyclic amines) is 1. The van der Waals surface area contributed by atoms with Gasteiger partial charge in [0.1, 0.15) is 43.5 Å². The minimum atomic E-state index is -1.58. The molecule has 0 unspecified atom stereocenters. The minimum Gasteiger partial charge on any atom is -0.492 e. The smallest absolute Gasteiger partial charge is 0.337 e. The Bertz CT molecular complexity index is 1660. The van der Waals surface area contributed by atoms with E-state index >= 15 is 0 Å². The van der Waals surface area contributed by atoms with E-state index in [0.717, 1.165) is 28.0 Å². The molecular weight excluding hydrogens is 656 g/mol. The highest BCUT2D eigenvalue weighted by atomic mass is 35.5. The first-order valence-electron chi connectivity index (χ1n) is 16.2. The summed E-state index contributed by atoms with van der Waals surface area (Å²) in [5.74, 6) is 0.426. The Hall–Kier alpha value is -4.07. The maximum Gasteiger partial charge on any atom is 0.337 e. The number of piperidine rings is 1. The highest BCUT2D eigenvalue weighted by Crippen LogP contribution is 2.37. The van der Waals surface area contributed by atoms with Crippen molar-refractivity contribution in [1.29, 1.82) is 0 Å². The third-order valence-corrected chi connectivity index (χ3v) is 9.46. The molecule has 3 aromatic carbocycles. The largest absolute Gasteiger partial charge is 0.492 e. The van der Waals surface area contributed by atoms with Crippen molar-refractivity contribution < 1.29 is 48.6 Å². The lowest BCUT2D eigenvalue weighted by molar-refractivity contribution is -0.167. The first-order valence-corrected chi connectivity index (χ1v) is 16.5. The van der Waals surface area contributed by atoms with E-state index in [2.05, 4.69) is 10.2 Å². The molecule has 2 aliphatic rings. The van der Waals surface area contributed by atoms with Crippen LogP contribution in [0.3, 0.4) is 0 Å². The summed E-state index contributed by atoms with van der Waals surface area (Å²) in [6.07, 6.45) is 0.496. The number of aliphatic hydroxyl groups excluding tert-OH is 1. The Balaban J connectivity index is 1.31. The van der Waals surface area contributed by atoms with E-state index < -0.39 is 29.7 Å². The average molecular weight is 699 g/mol. The summed E-state index contributed by atoms with van der Waals surface area (Å²) in [5, 5.41) is 33.1. The van der Waals surface area contributed by atoms with Gasteiger partial charge in [-0.05, 0) is 67.1 Å². The molecule has 0 amide bonds. The van der Waals surface area contributed by atoms with Crippen LogP contribution in [-0.4, -0.2) is 96.5 Å². The lowest BCUT2D eigenvalue weighted by atomic mass is 9.91. The fourth-order valence-electron chi connectivity index (χ4n) is 5.79. The number of rotatable bonds is 14. The number of hydrogen-bond acceptors (Lipinski definition) is 11. The Morgan fingerprint density at radius 2 is 1.76 bits per heavy atom. The van der Waals surface area contributed by atoms with Crippen LogP contribution in [0.25, 0.3) is 11.1 Å². The van der Waals surface area contributed by atoms with Crippen LogP contribution < -0.4 is 24.3 Å². The monoisotopic (exact) mass is 698 g/mol. The number of carboxylic acid groups (broad SMARTS) is 1. The van der Waals surface area contributed by atoms with Gasteiger partial charge in [0.15, 0.2) is 17.1 Å². The van der Waals surface area contributed by atoms with Gasteiger partial charge in [0.2, 0.25) is 0 Å². The zero-order chi connectivity index (χ0) is 35.2. The number of ether oxygens (including phenoxy) is 5. The van der Waals surface area contributed by atoms with Crippen molar-refractivity contribution in [1.82, 2.24) is 10.2 Å². The van der Waals surface area contributed by atoms with E-state index in [0.29, 0.717) is 60.7 Å². The summed E-state index contributed by atoms with van der Waals surface area (Å²) in [6.45, 7) is 5.84. The van der Waals surface area contributed by atoms with Crippen molar-refractivity contribution in [3.8, 4) is 34.1 Å². The standard InChI is InChI=1S/C36H43ClN2O10/c1-23-25(5-4-6-27(23)24-7-8-29-32(18-24)48-16-15-47-29)21-49-31-19-30(26(17-28(31)37)20-38-35(2,22-40)33(41)42)46-14-13-39-11-9-36(44,10-12-39)34(43)45-3/h4-8,17-19,38,40,44H,9-16,20-22H2,1-3H3,(H,41,42)/t35-/m1/s1. The van der Waals surface area contributed by atoms with Gasteiger partial charge in [0.25, 0.3) is 0 Å². The zero-order valence-corrected chi connectivity index (χ0v) is 28.7. The second-order valence-electron chi connectivity index (χ2n) is 12.5. The van der Waals surface area contributed by atoms with Crippen LogP contribution in [0.15, 0.2) is 48.5 Å². The third-order valence-electron chi connectivity index (χ3n) is 9.17. The Labute approximate surface area is 290 Å². The lowest BCUT2D eigenvalue weighted by Gasteiger charge is -2.36. The van der Waals surface area contributed by atoms with E-state index in [4.69, 9.17) is 35.3 Å². The van der Waals surface area contributed by atoms with Gasteiger partial charge in [-0.15, -0.1) is 0 Å². The van der Waals surface area contributed by atoms with Crippen LogP contribution in [0.4, 0.5) is 0 Å². The number of esters is 1. The van der Waals surface area contributed by atoms with Crippen molar-refractivity contribution in [3.05, 3.63) is 70.2 Å². The number of carboxylic acids is 1. The molecule has 0 saturated carbocycles. The molecule has 49 heavy (non-hydrogen) atoms. The van der Waals surface area contributed by atoms with E-state index in [1.807, 2.05) is 43.3 Å². The van der Waals surface area contributed by atoms with Crippen LogP contribution in [0.1, 0.15) is 36.5 Å². The highest BCUT2D eigenvalue weighted by molar-refractivity contribution is 6.32. The van der Waals surface area contributed by atoms with Gasteiger partial charge in [-0.3, -0.25) is 15.0 Å². The van der Waals surface area contributed by atoms with Gasteiger partial charge in [-0.25, -0.2) is 4.79 Å². The predicted molar refractivity (Wildman–Crippen MR) is 181 cm³/mol. The molecule has 0 radical (unpaired) electrons. The number of methoxy groups -OCH3 is 1. The summed E-state index contributed by atoms with van der Waals surface area (Å²) in [7, 11) is 1.26. The summed E-state index contributed by atoms with van der Waals surface area (Å²) in [6, 6.07) is 15.2. The molecule has 0 bridgehead atoms. The summed E-state index contributed by atoms with van der Waals surface area (Å²) >= 11 is 6.70. The highest BCUT2D eigenvalue weighted by Gasteiger charge is 2.40. The van der Waals surface area contributed by atoms with Crippen molar-refractivity contribution in [3.63, 3.8) is 0 Å². The van der Waals surface area contributed by atoms with Crippen molar-refractivity contribution in [2.24, 2.45) is 0 Å². The van der Waals surface area contributed by atoms with Crippen molar-refractivity contribution in [2.45, 2.75) is 51.0 Å². The number of nitrogens with zero attached hydrogens (tertiary/aromatic N) is 1. The SMILES string of the molecule is COC(=O)C1(O)CCN(CCOc2cc(OCc3cccc(-c4ccc5c(c4)OCCO5)c3C)c(Cl)cc2CN[C@](C)(CO)C(=O)O)CC1. The lowest BCUT2D eigenvalue weighted by Crippen LogP contribution is -2.52. The van der Waals surface area contributed by atoms with Crippen LogP contribution in [0.5, 0.6) is 23.0 Å². The fourth-order valence-corrected chi connectivity index (χ4v) is 6.03. The first kappa shape index (κ1) is 36.2. The van der Waals surface area contributed by atoms with E-state index in [9.17, 15) is 24.9 Å². The minimum absolute atomic E-state index is 0.0469. The normalized spacial score (nSPS) is 16.8. The zero-order valence-electron chi connectivity index (χ0n) is 27.9. The summed E-state index contributed by atoms with van der Waals surface area (Å²) < 4.78 is 28.7. The molecule has 264 valence electrons. The Kier molecular flexibility index (Phi) is 11.6. The van der Waals surface area contributed by atoms with Crippen molar-refractivity contribution >= 4 is 23.5 Å². The first-order chi connectivity index (χ1) is 23.5. The Morgan fingerprint density at radius 1 is 1.02 bits per heavy atom. The average Bonchev–Trinajstić information content (AvgIpc) is 3.11. The van der Waals surface area contributed by atoms with Gasteiger partial charge in [-0.2, -0.15) is 0 Å². The van der Waals surface area contributed by atoms with Crippen molar-refractivity contribution in [2.75, 3.05) is 53.2 Å². The molecule has 13 heteroatoms. The van der Waals surface area contributed by atoms with Gasteiger partial charge < -0.3 is 39.0 Å². The van der Waals surface area contributed by atoms with Crippen LogP contribution in [0, 0.1) is 6.92 Å². The van der Waals surface area contributed by atoms with Crippen LogP contribution in [-0.2, 0) is 27.5 Å². The Morgan fingerprint density at radius 3 is 2.45 bits per heavy atom. The topological polar surface area (TPSA) is 156 Å². The van der Waals surface area contributed by atoms with Gasteiger partial charge >= 0.3 is 11.9 Å². The van der Waals surface area contributed by atoms with Gasteiger partial charge in [-0.1, -0.05) is 35.9 Å². The molecule has 0 aliphatic carbocycles. The molecule has 0 aromatic heterocycles. The number of fused-ring (bicyclic) bond motifs is 1. The number of benzene rings is 3. The fraction of sp³-hybridized carbons (Fsp3) is 0.444. The summed E-state index contributed by atoms with van der Waals surface area (Å²) in [4.78, 5) is 25.8. The van der Waals surface area contributed by atoms with Gasteiger partial charge in [0.05, 0.1) is 18.7 Å². The predicted octanol–water partition coefficient (Wildman–Crippen LogP) is 3.97. The number of halogens is 1. The number of nitrogens with one attached hydrogen (secondary N) is 1. The number of carbonyl (C=O) groups excluding carboxylic acids is 1. The quantitative estimate of drug-likeness (QED) is 0.180. The van der Waals surface area contributed by atoms with Gasteiger partial charge in [0, 0.05) is 37.8 Å². The van der Waals surface area contributed by atoms with E-state index in [1.54, 1.807) is 12.1 Å². The summed E-state index contributed by atoms with van der Waals surface area (Å²) in [5.41, 5.74) is 1.52. The molecular formula is C36H43ClN2O10. The van der Waals surface area contributed by atoms with E-state index in [1.165, 1.54) is 14.0 Å². The molecule has 0 spiro atoms. The van der Waals surface area contributed by atoms with Crippen LogP contribution in [0.2, 0.25) is 5.02 Å².